The van der Waals surface area contributed by atoms with Crippen molar-refractivity contribution in [2.75, 3.05) is 32.9 Å². The topological polar surface area (TPSA) is 89.5 Å². The number of hydrogen-bond donors (Lipinski definition) is 1. The fraction of sp³-hybridized carbons (Fsp3) is 0.550. The van der Waals surface area contributed by atoms with Crippen molar-refractivity contribution in [3.63, 3.8) is 0 Å². The fourth-order valence-electron chi connectivity index (χ4n) is 3.20. The Bertz CT molecular complexity index is 692. The number of nitrogens with zero attached hydrogens (tertiary/aromatic N) is 2. The first-order valence-corrected chi connectivity index (χ1v) is 9.65. The maximum atomic E-state index is 12.1. The Morgan fingerprint density at radius 1 is 1.18 bits per heavy atom. The van der Waals surface area contributed by atoms with Gasteiger partial charge in [0.25, 0.3) is 5.91 Å². The van der Waals surface area contributed by atoms with E-state index in [1.54, 1.807) is 37.4 Å². The molecule has 8 nitrogen and oxygen atoms in total. The lowest BCUT2D eigenvalue weighted by molar-refractivity contribution is -0.159. The molecule has 0 bridgehead atoms. The van der Waals surface area contributed by atoms with Gasteiger partial charge in [0.2, 0.25) is 5.91 Å². The van der Waals surface area contributed by atoms with Crippen molar-refractivity contribution in [2.45, 2.75) is 38.4 Å². The van der Waals surface area contributed by atoms with E-state index < -0.39 is 5.79 Å². The number of nitrogens with one attached hydrogen (secondary N) is 1. The molecule has 2 heterocycles. The summed E-state index contributed by atoms with van der Waals surface area (Å²) in [6.07, 6.45) is 4.95. The third-order valence-electron chi connectivity index (χ3n) is 4.73. The molecule has 0 spiro atoms. The zero-order valence-corrected chi connectivity index (χ0v) is 16.2. The van der Waals surface area contributed by atoms with Crippen LogP contribution in [0, 0.1) is 0 Å². The number of carbonyl (C=O) groups is 2. The molecule has 1 aromatic carbocycles. The highest BCUT2D eigenvalue weighted by Crippen LogP contribution is 2.22. The second-order valence-corrected chi connectivity index (χ2v) is 7.10. The zero-order chi connectivity index (χ0) is 19.8. The third-order valence-corrected chi connectivity index (χ3v) is 4.73. The summed E-state index contributed by atoms with van der Waals surface area (Å²) >= 11 is 0. The Morgan fingerprint density at radius 3 is 2.54 bits per heavy atom. The lowest BCUT2D eigenvalue weighted by Crippen LogP contribution is -2.38. The minimum Gasteiger partial charge on any atom is -0.484 e. The Morgan fingerprint density at radius 2 is 1.86 bits per heavy atom. The van der Waals surface area contributed by atoms with Crippen LogP contribution in [0.5, 0.6) is 5.75 Å². The number of likely N-dealkylation sites (tertiary alicyclic amines) is 1. The Kier molecular flexibility index (Phi) is 7.00. The number of amides is 2. The first-order valence-electron chi connectivity index (χ1n) is 9.65. The molecule has 0 atom stereocenters. The van der Waals surface area contributed by atoms with Crippen molar-refractivity contribution in [1.29, 1.82) is 0 Å². The van der Waals surface area contributed by atoms with Crippen LogP contribution in [0.4, 0.5) is 0 Å². The summed E-state index contributed by atoms with van der Waals surface area (Å²) in [7, 11) is 0. The maximum absolute atomic E-state index is 12.1. The van der Waals surface area contributed by atoms with Gasteiger partial charge in [-0.2, -0.15) is 5.10 Å². The summed E-state index contributed by atoms with van der Waals surface area (Å²) in [6.45, 7) is 4.40. The normalized spacial score (nSPS) is 19.0. The summed E-state index contributed by atoms with van der Waals surface area (Å²) < 4.78 is 16.4. The van der Waals surface area contributed by atoms with Gasteiger partial charge in [0.1, 0.15) is 5.75 Å². The molecule has 1 N–H and O–H groups in total. The van der Waals surface area contributed by atoms with Gasteiger partial charge in [-0.3, -0.25) is 9.59 Å². The summed E-state index contributed by atoms with van der Waals surface area (Å²) in [4.78, 5) is 25.9. The molecule has 8 heteroatoms. The molecule has 2 amide bonds. The maximum Gasteiger partial charge on any atom is 0.260 e. The van der Waals surface area contributed by atoms with Gasteiger partial charge in [-0.15, -0.1) is 0 Å². The minimum absolute atomic E-state index is 0.0250. The predicted molar refractivity (Wildman–Crippen MR) is 103 cm³/mol. The van der Waals surface area contributed by atoms with Gasteiger partial charge in [0.15, 0.2) is 12.4 Å². The summed E-state index contributed by atoms with van der Waals surface area (Å²) in [5.74, 6) is -0.506. The molecule has 0 saturated carbocycles. The van der Waals surface area contributed by atoms with Crippen molar-refractivity contribution < 1.29 is 23.8 Å². The van der Waals surface area contributed by atoms with Gasteiger partial charge in [0, 0.05) is 13.1 Å². The van der Waals surface area contributed by atoms with Crippen LogP contribution in [0.15, 0.2) is 29.4 Å². The van der Waals surface area contributed by atoms with E-state index in [9.17, 15) is 9.59 Å². The largest absolute Gasteiger partial charge is 0.484 e. The second-order valence-electron chi connectivity index (χ2n) is 7.10. The number of benzene rings is 1. The quantitative estimate of drug-likeness (QED) is 0.566. The van der Waals surface area contributed by atoms with E-state index in [0.717, 1.165) is 31.5 Å². The van der Waals surface area contributed by atoms with Crippen LogP contribution < -0.4 is 10.2 Å². The molecular formula is C20H27N3O5. The molecule has 28 heavy (non-hydrogen) atoms. The lowest BCUT2D eigenvalue weighted by Gasteiger charge is -2.26. The second kappa shape index (κ2) is 9.66. The van der Waals surface area contributed by atoms with Crippen molar-refractivity contribution in [1.82, 2.24) is 10.3 Å². The van der Waals surface area contributed by atoms with E-state index in [1.165, 1.54) is 6.42 Å². The van der Waals surface area contributed by atoms with Crippen molar-refractivity contribution in [2.24, 2.45) is 5.10 Å². The van der Waals surface area contributed by atoms with Crippen molar-refractivity contribution in [3.8, 4) is 5.75 Å². The average molecular weight is 389 g/mol. The minimum atomic E-state index is -0.871. The Hall–Kier alpha value is -2.45. The van der Waals surface area contributed by atoms with Gasteiger partial charge >= 0.3 is 0 Å². The monoisotopic (exact) mass is 389 g/mol. The van der Waals surface area contributed by atoms with Crippen LogP contribution in [0.2, 0.25) is 0 Å². The molecule has 1 aromatic rings. The molecule has 0 aliphatic carbocycles. The van der Waals surface area contributed by atoms with E-state index in [2.05, 4.69) is 10.5 Å². The van der Waals surface area contributed by atoms with Gasteiger partial charge in [-0.25, -0.2) is 5.43 Å². The standard InChI is InChI=1S/C20H27N3O5/c1-20(27-11-12-28-20)13-18(24)22-21-14-16-5-7-17(8-6-16)26-15-19(25)23-9-3-2-4-10-23/h5-8,14H,2-4,9-13,15H2,1H3,(H,22,24)/b21-14+. The lowest BCUT2D eigenvalue weighted by atomic mass is 10.1. The summed E-state index contributed by atoms with van der Waals surface area (Å²) in [6, 6.07) is 7.16. The molecule has 2 saturated heterocycles. The third kappa shape index (κ3) is 6.03. The average Bonchev–Trinajstić information content (AvgIpc) is 3.13. The zero-order valence-electron chi connectivity index (χ0n) is 16.2. The molecular weight excluding hydrogens is 362 g/mol. The smallest absolute Gasteiger partial charge is 0.260 e. The van der Waals surface area contributed by atoms with Gasteiger partial charge in [0.05, 0.1) is 25.8 Å². The predicted octanol–water partition coefficient (Wildman–Crippen LogP) is 1.68. The van der Waals surface area contributed by atoms with Crippen LogP contribution in [0.25, 0.3) is 0 Å². The SMILES string of the molecule is CC1(CC(=O)N/N=C/c2ccc(OCC(=O)N3CCCCC3)cc2)OCCO1. The van der Waals surface area contributed by atoms with Crippen LogP contribution in [-0.2, 0) is 19.1 Å². The Labute approximate surface area is 164 Å². The van der Waals surface area contributed by atoms with Gasteiger partial charge < -0.3 is 19.1 Å². The highest BCUT2D eigenvalue weighted by Gasteiger charge is 2.33. The van der Waals surface area contributed by atoms with Crippen molar-refractivity contribution >= 4 is 18.0 Å². The molecule has 2 fully saturated rings. The first-order chi connectivity index (χ1) is 13.5. The fourth-order valence-corrected chi connectivity index (χ4v) is 3.20. The molecule has 2 aliphatic rings. The molecule has 152 valence electrons. The molecule has 0 aromatic heterocycles. The summed E-state index contributed by atoms with van der Waals surface area (Å²) in [5.41, 5.74) is 3.26. The van der Waals surface area contributed by atoms with Gasteiger partial charge in [-0.1, -0.05) is 0 Å². The van der Waals surface area contributed by atoms with Crippen molar-refractivity contribution in [3.05, 3.63) is 29.8 Å². The number of hydrogen-bond acceptors (Lipinski definition) is 6. The van der Waals surface area contributed by atoms with E-state index in [1.807, 2.05) is 4.90 Å². The van der Waals surface area contributed by atoms with Crippen LogP contribution in [-0.4, -0.2) is 61.6 Å². The first kappa shape index (κ1) is 20.3. The van der Waals surface area contributed by atoms with E-state index >= 15 is 0 Å². The number of carbonyl (C=O) groups excluding carboxylic acids is 2. The number of hydrazone groups is 1. The summed E-state index contributed by atoms with van der Waals surface area (Å²) in [5, 5.41) is 3.94. The van der Waals surface area contributed by atoms with E-state index in [0.29, 0.717) is 19.0 Å². The number of ether oxygens (including phenoxy) is 3. The van der Waals surface area contributed by atoms with Crippen LogP contribution in [0.3, 0.4) is 0 Å². The molecule has 0 unspecified atom stereocenters. The molecule has 2 aliphatic heterocycles. The highest BCUT2D eigenvalue weighted by molar-refractivity contribution is 5.82. The number of rotatable bonds is 7. The van der Waals surface area contributed by atoms with Crippen LogP contribution >= 0.6 is 0 Å². The Balaban J connectivity index is 1.40. The van der Waals surface area contributed by atoms with E-state index in [4.69, 9.17) is 14.2 Å². The van der Waals surface area contributed by atoms with Gasteiger partial charge in [-0.05, 0) is 56.0 Å². The molecule has 0 radical (unpaired) electrons. The van der Waals surface area contributed by atoms with Crippen LogP contribution in [0.1, 0.15) is 38.2 Å². The molecule has 3 rings (SSSR count). The number of piperidine rings is 1. The van der Waals surface area contributed by atoms with E-state index in [-0.39, 0.29) is 24.8 Å². The highest BCUT2D eigenvalue weighted by atomic mass is 16.7.